The number of nitrogens with zero attached hydrogens (tertiary/aromatic N) is 3. The number of hydrogen-bond donors (Lipinski definition) is 1. The monoisotopic (exact) mass is 308 g/mol. The fourth-order valence-corrected chi connectivity index (χ4v) is 3.26. The fourth-order valence-electron chi connectivity index (χ4n) is 3.26. The van der Waals surface area contributed by atoms with Gasteiger partial charge in [-0.25, -0.2) is 9.97 Å². The van der Waals surface area contributed by atoms with Gasteiger partial charge in [-0.05, 0) is 44.2 Å². The SMILES string of the molecule is CCN1Cc2ncnc(Oc3ccc4[nH]ccc4c3)c2C[C@@H]1C. The predicted molar refractivity (Wildman–Crippen MR) is 89.7 cm³/mol. The van der Waals surface area contributed by atoms with E-state index < -0.39 is 0 Å². The minimum Gasteiger partial charge on any atom is -0.439 e. The van der Waals surface area contributed by atoms with Crippen LogP contribution in [-0.4, -0.2) is 32.4 Å². The molecular weight excluding hydrogens is 288 g/mol. The summed E-state index contributed by atoms with van der Waals surface area (Å²) in [6, 6.07) is 8.55. The minimum absolute atomic E-state index is 0.480. The normalized spacial score (nSPS) is 18.1. The molecule has 4 rings (SSSR count). The molecule has 3 heterocycles. The number of ether oxygens (including phenoxy) is 1. The minimum atomic E-state index is 0.480. The molecule has 0 unspecified atom stereocenters. The lowest BCUT2D eigenvalue weighted by Crippen LogP contribution is -2.38. The molecule has 5 nitrogen and oxygen atoms in total. The van der Waals surface area contributed by atoms with E-state index in [2.05, 4.69) is 33.7 Å². The zero-order chi connectivity index (χ0) is 15.8. The van der Waals surface area contributed by atoms with E-state index in [0.29, 0.717) is 11.9 Å². The largest absolute Gasteiger partial charge is 0.439 e. The summed E-state index contributed by atoms with van der Waals surface area (Å²) in [5, 5.41) is 1.14. The molecule has 1 aliphatic rings. The topological polar surface area (TPSA) is 54.0 Å². The highest BCUT2D eigenvalue weighted by atomic mass is 16.5. The van der Waals surface area contributed by atoms with Crippen LogP contribution in [0.15, 0.2) is 36.8 Å². The molecule has 23 heavy (non-hydrogen) atoms. The van der Waals surface area contributed by atoms with Crippen LogP contribution in [-0.2, 0) is 13.0 Å². The van der Waals surface area contributed by atoms with Gasteiger partial charge < -0.3 is 9.72 Å². The second-order valence-corrected chi connectivity index (χ2v) is 6.05. The number of aromatic amines is 1. The highest BCUT2D eigenvalue weighted by Gasteiger charge is 2.26. The number of likely N-dealkylation sites (N-methyl/N-ethyl adjacent to an activating group) is 1. The van der Waals surface area contributed by atoms with E-state index in [9.17, 15) is 0 Å². The fraction of sp³-hybridized carbons (Fsp3) is 0.333. The maximum atomic E-state index is 6.09. The number of H-pyrrole nitrogens is 1. The van der Waals surface area contributed by atoms with Gasteiger partial charge in [-0.2, -0.15) is 0 Å². The summed E-state index contributed by atoms with van der Waals surface area (Å²) in [5.74, 6) is 1.50. The molecule has 0 fully saturated rings. The molecule has 1 N–H and O–H groups in total. The molecule has 3 aromatic rings. The average Bonchev–Trinajstić information content (AvgIpc) is 3.02. The van der Waals surface area contributed by atoms with Crippen molar-refractivity contribution in [3.63, 3.8) is 0 Å². The molecule has 0 aliphatic carbocycles. The maximum absolute atomic E-state index is 6.09. The summed E-state index contributed by atoms with van der Waals surface area (Å²) in [7, 11) is 0. The summed E-state index contributed by atoms with van der Waals surface area (Å²) in [5.41, 5.74) is 3.32. The van der Waals surface area contributed by atoms with Crippen LogP contribution in [0.3, 0.4) is 0 Å². The molecule has 1 aliphatic heterocycles. The molecule has 1 aromatic carbocycles. The third kappa shape index (κ3) is 2.57. The molecule has 0 spiro atoms. The van der Waals surface area contributed by atoms with Crippen LogP contribution in [0.5, 0.6) is 11.6 Å². The summed E-state index contributed by atoms with van der Waals surface area (Å²) in [6.45, 7) is 6.33. The van der Waals surface area contributed by atoms with Crippen LogP contribution < -0.4 is 4.74 Å². The number of aromatic nitrogens is 3. The number of fused-ring (bicyclic) bond motifs is 2. The first-order valence-electron chi connectivity index (χ1n) is 8.06. The van der Waals surface area contributed by atoms with E-state index in [1.807, 2.05) is 30.5 Å². The number of nitrogens with one attached hydrogen (secondary N) is 1. The Labute approximate surface area is 135 Å². The van der Waals surface area contributed by atoms with Crippen molar-refractivity contribution in [2.75, 3.05) is 6.54 Å². The van der Waals surface area contributed by atoms with E-state index in [4.69, 9.17) is 4.74 Å². The Morgan fingerprint density at radius 1 is 1.30 bits per heavy atom. The number of benzene rings is 1. The highest BCUT2D eigenvalue weighted by molar-refractivity contribution is 5.80. The molecule has 2 aromatic heterocycles. The molecule has 0 bridgehead atoms. The third-order valence-corrected chi connectivity index (χ3v) is 4.62. The van der Waals surface area contributed by atoms with Crippen molar-refractivity contribution in [1.29, 1.82) is 0 Å². The molecule has 1 atom stereocenters. The van der Waals surface area contributed by atoms with E-state index in [1.54, 1.807) is 6.33 Å². The zero-order valence-electron chi connectivity index (χ0n) is 13.4. The average molecular weight is 308 g/mol. The van der Waals surface area contributed by atoms with E-state index >= 15 is 0 Å². The molecule has 0 saturated carbocycles. The smallest absolute Gasteiger partial charge is 0.225 e. The van der Waals surface area contributed by atoms with E-state index in [-0.39, 0.29) is 0 Å². The van der Waals surface area contributed by atoms with E-state index in [0.717, 1.165) is 47.4 Å². The second kappa shape index (κ2) is 5.66. The summed E-state index contributed by atoms with van der Waals surface area (Å²) >= 11 is 0. The van der Waals surface area contributed by atoms with Crippen molar-refractivity contribution in [3.05, 3.63) is 48.0 Å². The molecule has 118 valence electrons. The van der Waals surface area contributed by atoms with Crippen molar-refractivity contribution < 1.29 is 4.74 Å². The van der Waals surface area contributed by atoms with Gasteiger partial charge in [0.25, 0.3) is 0 Å². The van der Waals surface area contributed by atoms with Crippen molar-refractivity contribution in [2.45, 2.75) is 32.9 Å². The maximum Gasteiger partial charge on any atom is 0.225 e. The third-order valence-electron chi connectivity index (χ3n) is 4.62. The number of hydrogen-bond acceptors (Lipinski definition) is 4. The second-order valence-electron chi connectivity index (χ2n) is 6.05. The Morgan fingerprint density at radius 2 is 2.22 bits per heavy atom. The van der Waals surface area contributed by atoms with Gasteiger partial charge in [0, 0.05) is 35.2 Å². The lowest BCUT2D eigenvalue weighted by molar-refractivity contribution is 0.189. The zero-order valence-corrected chi connectivity index (χ0v) is 13.4. The van der Waals surface area contributed by atoms with Gasteiger partial charge in [0.2, 0.25) is 5.88 Å². The van der Waals surface area contributed by atoms with Gasteiger partial charge in [0.1, 0.15) is 12.1 Å². The van der Waals surface area contributed by atoms with Crippen LogP contribution in [0.1, 0.15) is 25.1 Å². The van der Waals surface area contributed by atoms with Crippen LogP contribution in [0.25, 0.3) is 10.9 Å². The first-order valence-corrected chi connectivity index (χ1v) is 8.06. The van der Waals surface area contributed by atoms with Crippen molar-refractivity contribution in [1.82, 2.24) is 19.9 Å². The Morgan fingerprint density at radius 3 is 3.09 bits per heavy atom. The van der Waals surface area contributed by atoms with Crippen molar-refractivity contribution >= 4 is 10.9 Å². The van der Waals surface area contributed by atoms with Gasteiger partial charge >= 0.3 is 0 Å². The van der Waals surface area contributed by atoms with Crippen molar-refractivity contribution in [3.8, 4) is 11.6 Å². The van der Waals surface area contributed by atoms with Crippen molar-refractivity contribution in [2.24, 2.45) is 0 Å². The van der Waals surface area contributed by atoms with Crippen LogP contribution in [0, 0.1) is 0 Å². The summed E-state index contributed by atoms with van der Waals surface area (Å²) < 4.78 is 6.09. The highest BCUT2D eigenvalue weighted by Crippen LogP contribution is 2.31. The molecule has 0 radical (unpaired) electrons. The Hall–Kier alpha value is -2.40. The Balaban J connectivity index is 1.67. The lowest BCUT2D eigenvalue weighted by Gasteiger charge is -2.33. The summed E-state index contributed by atoms with van der Waals surface area (Å²) in [6.07, 6.45) is 4.46. The standard InChI is InChI=1S/C18H20N4O/c1-3-22-10-17-15(8-12(22)2)18(21-11-20-17)23-14-4-5-16-13(9-14)6-7-19-16/h4-7,9,11-12,19H,3,8,10H2,1-2H3/t12-/m0/s1. The van der Waals surface area contributed by atoms with Gasteiger partial charge in [0.05, 0.1) is 5.69 Å². The van der Waals surface area contributed by atoms with E-state index in [1.165, 1.54) is 0 Å². The number of rotatable bonds is 3. The lowest BCUT2D eigenvalue weighted by atomic mass is 10.00. The van der Waals surface area contributed by atoms with Crippen LogP contribution in [0.4, 0.5) is 0 Å². The molecule has 5 heteroatoms. The molecular formula is C18H20N4O. The molecule has 0 saturated heterocycles. The Kier molecular flexibility index (Phi) is 3.50. The first-order chi connectivity index (χ1) is 11.2. The first kappa shape index (κ1) is 14.2. The summed E-state index contributed by atoms with van der Waals surface area (Å²) in [4.78, 5) is 14.5. The van der Waals surface area contributed by atoms with Crippen LogP contribution >= 0.6 is 0 Å². The van der Waals surface area contributed by atoms with Gasteiger partial charge in [-0.15, -0.1) is 0 Å². The predicted octanol–water partition coefficient (Wildman–Crippen LogP) is 3.52. The van der Waals surface area contributed by atoms with Gasteiger partial charge in [-0.1, -0.05) is 6.92 Å². The van der Waals surface area contributed by atoms with Gasteiger partial charge in [-0.3, -0.25) is 4.90 Å². The molecule has 0 amide bonds. The Bertz CT molecular complexity index is 842. The quantitative estimate of drug-likeness (QED) is 0.804. The van der Waals surface area contributed by atoms with Crippen LogP contribution in [0.2, 0.25) is 0 Å². The van der Waals surface area contributed by atoms with Gasteiger partial charge in [0.15, 0.2) is 0 Å².